The van der Waals surface area contributed by atoms with Crippen LogP contribution in [0.25, 0.3) is 0 Å². The number of halogens is 1. The highest BCUT2D eigenvalue weighted by molar-refractivity contribution is 6.30. The maximum Gasteiger partial charge on any atom is 0.141 e. The van der Waals surface area contributed by atoms with Crippen LogP contribution in [0.3, 0.4) is 0 Å². The summed E-state index contributed by atoms with van der Waals surface area (Å²) in [6, 6.07) is 13.0. The minimum absolute atomic E-state index is 0.175. The van der Waals surface area contributed by atoms with E-state index in [9.17, 15) is 4.79 Å². The van der Waals surface area contributed by atoms with Crippen LogP contribution in [0.5, 0.6) is 11.5 Å². The van der Waals surface area contributed by atoms with E-state index in [1.807, 2.05) is 30.3 Å². The number of benzene rings is 2. The lowest BCUT2D eigenvalue weighted by Gasteiger charge is -2.17. The molecule has 2 nitrogen and oxygen atoms in total. The number of hydrogen-bond donors (Lipinski definition) is 0. The lowest BCUT2D eigenvalue weighted by Crippen LogP contribution is -2.11. The van der Waals surface area contributed by atoms with Gasteiger partial charge in [0.2, 0.25) is 0 Å². The van der Waals surface area contributed by atoms with Gasteiger partial charge in [-0.2, -0.15) is 0 Å². The molecule has 0 saturated heterocycles. The molecular weight excluding hydrogens is 248 g/mol. The molecule has 18 heavy (non-hydrogen) atoms. The van der Waals surface area contributed by atoms with Gasteiger partial charge in [-0.05, 0) is 24.3 Å². The average molecular weight is 259 g/mol. The van der Waals surface area contributed by atoms with Crippen LogP contribution in [-0.4, -0.2) is 5.78 Å². The summed E-state index contributed by atoms with van der Waals surface area (Å²) in [6.45, 7) is 0. The van der Waals surface area contributed by atoms with Crippen molar-refractivity contribution < 1.29 is 9.53 Å². The van der Waals surface area contributed by atoms with Crippen LogP contribution in [0.4, 0.5) is 0 Å². The van der Waals surface area contributed by atoms with Crippen LogP contribution in [-0.2, 0) is 17.6 Å². The van der Waals surface area contributed by atoms with E-state index < -0.39 is 0 Å². The summed E-state index contributed by atoms with van der Waals surface area (Å²) in [6.07, 6.45) is 0.770. The Morgan fingerprint density at radius 3 is 2.56 bits per heavy atom. The standard InChI is InChI=1S/C15H11ClO2/c16-12-5-6-15-11(7-12)9-13(17)8-10-3-1-2-4-14(10)18-15/h1-7H,8-9H2. The van der Waals surface area contributed by atoms with Crippen molar-refractivity contribution in [3.05, 3.63) is 58.6 Å². The molecule has 0 saturated carbocycles. The molecule has 0 unspecified atom stereocenters. The minimum Gasteiger partial charge on any atom is -0.457 e. The van der Waals surface area contributed by atoms with Crippen LogP contribution in [0, 0.1) is 0 Å². The molecule has 0 aliphatic carbocycles. The number of carbonyl (C=O) groups excluding carboxylic acids is 1. The third kappa shape index (κ3) is 2.12. The first-order chi connectivity index (χ1) is 8.72. The zero-order chi connectivity index (χ0) is 12.5. The predicted molar refractivity (Wildman–Crippen MR) is 70.4 cm³/mol. The minimum atomic E-state index is 0.175. The number of para-hydroxylation sites is 1. The number of hydrogen-bond acceptors (Lipinski definition) is 2. The monoisotopic (exact) mass is 258 g/mol. The lowest BCUT2D eigenvalue weighted by molar-refractivity contribution is -0.117. The second-order valence-electron chi connectivity index (χ2n) is 4.35. The van der Waals surface area contributed by atoms with E-state index in [0.29, 0.717) is 23.6 Å². The van der Waals surface area contributed by atoms with Crippen LogP contribution in [0.1, 0.15) is 11.1 Å². The van der Waals surface area contributed by atoms with Gasteiger partial charge in [0, 0.05) is 29.0 Å². The van der Waals surface area contributed by atoms with E-state index in [0.717, 1.165) is 16.9 Å². The number of Topliss-reactive ketones (excluding diaryl/α,β-unsaturated/α-hetero) is 1. The zero-order valence-corrected chi connectivity index (χ0v) is 10.4. The van der Waals surface area contributed by atoms with Gasteiger partial charge in [0.05, 0.1) is 0 Å². The highest BCUT2D eigenvalue weighted by Crippen LogP contribution is 2.33. The molecule has 3 heteroatoms. The Morgan fingerprint density at radius 1 is 0.944 bits per heavy atom. The Kier molecular flexibility index (Phi) is 2.80. The molecule has 2 aromatic rings. The number of ketones is 1. The molecule has 1 heterocycles. The Morgan fingerprint density at radius 2 is 1.67 bits per heavy atom. The van der Waals surface area contributed by atoms with Crippen LogP contribution < -0.4 is 4.74 Å². The lowest BCUT2D eigenvalue weighted by atomic mass is 10.00. The van der Waals surface area contributed by atoms with Gasteiger partial charge in [0.25, 0.3) is 0 Å². The molecule has 0 atom stereocenters. The van der Waals surface area contributed by atoms with Gasteiger partial charge in [0.15, 0.2) is 0 Å². The molecule has 90 valence electrons. The number of rotatable bonds is 0. The Hall–Kier alpha value is -1.80. The predicted octanol–water partition coefficient (Wildman–Crippen LogP) is 3.80. The van der Waals surface area contributed by atoms with E-state index in [4.69, 9.17) is 16.3 Å². The first-order valence-electron chi connectivity index (χ1n) is 5.78. The maximum absolute atomic E-state index is 12.0. The van der Waals surface area contributed by atoms with E-state index in [-0.39, 0.29) is 5.78 Å². The van der Waals surface area contributed by atoms with Gasteiger partial charge < -0.3 is 4.74 Å². The summed E-state index contributed by atoms with van der Waals surface area (Å²) in [5.41, 5.74) is 1.78. The van der Waals surface area contributed by atoms with Crippen molar-refractivity contribution >= 4 is 17.4 Å². The summed E-state index contributed by atoms with van der Waals surface area (Å²) in [7, 11) is 0. The quantitative estimate of drug-likeness (QED) is 0.718. The fourth-order valence-electron chi connectivity index (χ4n) is 2.14. The summed E-state index contributed by atoms with van der Waals surface area (Å²) >= 11 is 5.95. The highest BCUT2D eigenvalue weighted by atomic mass is 35.5. The Labute approximate surface area is 110 Å². The van der Waals surface area contributed by atoms with Gasteiger partial charge in [-0.15, -0.1) is 0 Å². The van der Waals surface area contributed by atoms with Crippen molar-refractivity contribution in [3.8, 4) is 11.5 Å². The molecule has 1 aliphatic heterocycles. The molecule has 2 aromatic carbocycles. The largest absolute Gasteiger partial charge is 0.457 e. The van der Waals surface area contributed by atoms with E-state index in [2.05, 4.69) is 0 Å². The van der Waals surface area contributed by atoms with Gasteiger partial charge in [-0.25, -0.2) is 0 Å². The van der Waals surface area contributed by atoms with Gasteiger partial charge in [-0.3, -0.25) is 4.79 Å². The van der Waals surface area contributed by atoms with Crippen LogP contribution in [0.2, 0.25) is 5.02 Å². The third-order valence-electron chi connectivity index (χ3n) is 2.99. The molecular formula is C15H11ClO2. The van der Waals surface area contributed by atoms with Crippen molar-refractivity contribution in [1.29, 1.82) is 0 Å². The molecule has 0 aromatic heterocycles. The fourth-order valence-corrected chi connectivity index (χ4v) is 2.34. The summed E-state index contributed by atoms with van der Waals surface area (Å²) in [5, 5.41) is 0.624. The van der Waals surface area contributed by atoms with Gasteiger partial charge in [0.1, 0.15) is 17.3 Å². The topological polar surface area (TPSA) is 26.3 Å². The molecule has 0 spiro atoms. The summed E-state index contributed by atoms with van der Waals surface area (Å²) in [5.74, 6) is 1.63. The second-order valence-corrected chi connectivity index (χ2v) is 4.79. The Balaban J connectivity index is 2.12. The van der Waals surface area contributed by atoms with Crippen molar-refractivity contribution in [2.24, 2.45) is 0 Å². The average Bonchev–Trinajstić information content (AvgIpc) is 2.32. The van der Waals surface area contributed by atoms with Gasteiger partial charge >= 0.3 is 0 Å². The molecule has 3 rings (SSSR count). The fraction of sp³-hybridized carbons (Fsp3) is 0.133. The first kappa shape index (κ1) is 11.3. The first-order valence-corrected chi connectivity index (χ1v) is 6.16. The molecule has 0 fully saturated rings. The van der Waals surface area contributed by atoms with Crippen LogP contribution in [0.15, 0.2) is 42.5 Å². The SMILES string of the molecule is O=C1Cc2ccccc2Oc2ccc(Cl)cc2C1. The second kappa shape index (κ2) is 4.46. The van der Waals surface area contributed by atoms with E-state index in [1.54, 1.807) is 12.1 Å². The molecule has 0 N–H and O–H groups in total. The third-order valence-corrected chi connectivity index (χ3v) is 3.23. The molecule has 1 aliphatic rings. The summed E-state index contributed by atoms with van der Waals surface area (Å²) in [4.78, 5) is 12.0. The van der Waals surface area contributed by atoms with Crippen molar-refractivity contribution in [1.82, 2.24) is 0 Å². The van der Waals surface area contributed by atoms with Crippen LogP contribution >= 0.6 is 11.6 Å². The molecule has 0 amide bonds. The zero-order valence-electron chi connectivity index (χ0n) is 9.65. The van der Waals surface area contributed by atoms with E-state index >= 15 is 0 Å². The Bertz CT molecular complexity index is 620. The van der Waals surface area contributed by atoms with Crippen molar-refractivity contribution in [2.45, 2.75) is 12.8 Å². The van der Waals surface area contributed by atoms with E-state index in [1.165, 1.54) is 0 Å². The normalized spacial score (nSPS) is 13.9. The number of ether oxygens (including phenoxy) is 1. The summed E-state index contributed by atoms with van der Waals surface area (Å²) < 4.78 is 5.87. The molecule has 0 bridgehead atoms. The number of carbonyl (C=O) groups is 1. The smallest absolute Gasteiger partial charge is 0.141 e. The van der Waals surface area contributed by atoms with Crippen molar-refractivity contribution in [3.63, 3.8) is 0 Å². The van der Waals surface area contributed by atoms with Gasteiger partial charge in [-0.1, -0.05) is 29.8 Å². The highest BCUT2D eigenvalue weighted by Gasteiger charge is 2.17. The number of fused-ring (bicyclic) bond motifs is 2. The maximum atomic E-state index is 12.0. The van der Waals surface area contributed by atoms with Crippen molar-refractivity contribution in [2.75, 3.05) is 0 Å². The molecule has 0 radical (unpaired) electrons.